The van der Waals surface area contributed by atoms with E-state index in [9.17, 15) is 14.7 Å². The Morgan fingerprint density at radius 2 is 1.24 bits per heavy atom. The van der Waals surface area contributed by atoms with Crippen LogP contribution in [0.5, 0.6) is 23.0 Å². The number of ether oxygens (including phenoxy) is 5. The molecule has 2 atom stereocenters. The number of carboxylic acid groups (broad SMARTS) is 1. The summed E-state index contributed by atoms with van der Waals surface area (Å²) in [6.45, 7) is 1.31. The van der Waals surface area contributed by atoms with Crippen LogP contribution in [0.25, 0.3) is 0 Å². The van der Waals surface area contributed by atoms with Gasteiger partial charge in [-0.2, -0.15) is 0 Å². The third kappa shape index (κ3) is 8.61. The summed E-state index contributed by atoms with van der Waals surface area (Å²) in [7, 11) is 7.68. The van der Waals surface area contributed by atoms with Crippen LogP contribution in [0.1, 0.15) is 33.1 Å². The summed E-state index contributed by atoms with van der Waals surface area (Å²) in [5.41, 5.74) is 3.20. The number of carboxylic acids is 1. The van der Waals surface area contributed by atoms with E-state index in [1.807, 2.05) is 36.4 Å². The number of nitrogens with one attached hydrogen (secondary N) is 2. The molecule has 0 spiro atoms. The topological polar surface area (TPSA) is 125 Å². The van der Waals surface area contributed by atoms with E-state index < -0.39 is 23.9 Å². The zero-order chi connectivity index (χ0) is 30.5. The molecule has 0 amide bonds. The number of hydrogen-bond donors (Lipinski definition) is 3. The van der Waals surface area contributed by atoms with E-state index in [4.69, 9.17) is 23.7 Å². The summed E-state index contributed by atoms with van der Waals surface area (Å²) in [5.74, 6) is 0.396. The zero-order valence-electron chi connectivity index (χ0n) is 24.8. The molecule has 0 radical (unpaired) electrons. The molecule has 0 aliphatic heterocycles. The maximum absolute atomic E-state index is 12.5. The summed E-state index contributed by atoms with van der Waals surface area (Å²) in [6.07, 6.45) is 1.31. The third-order valence-electron chi connectivity index (χ3n) is 7.04. The molecule has 0 heterocycles. The first-order chi connectivity index (χ1) is 20.3. The summed E-state index contributed by atoms with van der Waals surface area (Å²) < 4.78 is 26.2. The number of aliphatic carboxylic acids is 1. The van der Waals surface area contributed by atoms with Gasteiger partial charge in [0, 0.05) is 12.6 Å². The molecule has 3 aromatic rings. The Labute approximate surface area is 246 Å². The number of carbonyl (C=O) groups excluding carboxylic acids is 1. The van der Waals surface area contributed by atoms with Crippen molar-refractivity contribution in [3.63, 3.8) is 0 Å². The highest BCUT2D eigenvalue weighted by atomic mass is 16.5. The van der Waals surface area contributed by atoms with Gasteiger partial charge in [0.25, 0.3) is 0 Å². The number of hydrogen-bond acceptors (Lipinski definition) is 9. The fraction of sp³-hybridized carbons (Fsp3) is 0.375. The number of methoxy groups -OCH3 is 5. The fourth-order valence-electron chi connectivity index (χ4n) is 4.72. The number of benzene rings is 3. The van der Waals surface area contributed by atoms with Gasteiger partial charge in [-0.05, 0) is 79.0 Å². The van der Waals surface area contributed by atoms with E-state index in [0.717, 1.165) is 16.7 Å². The van der Waals surface area contributed by atoms with Gasteiger partial charge in [0.2, 0.25) is 0 Å². The minimum atomic E-state index is -0.936. The molecule has 0 fully saturated rings. The number of esters is 1. The average molecular weight is 581 g/mol. The molecular weight excluding hydrogens is 540 g/mol. The van der Waals surface area contributed by atoms with Crippen molar-refractivity contribution in [3.8, 4) is 23.0 Å². The normalized spacial score (nSPS) is 12.2. The lowest BCUT2D eigenvalue weighted by Gasteiger charge is -2.26. The van der Waals surface area contributed by atoms with E-state index in [2.05, 4.69) is 10.6 Å². The minimum absolute atomic E-state index is 0.232. The molecule has 10 nitrogen and oxygen atoms in total. The molecule has 0 aliphatic rings. The maximum atomic E-state index is 12.5. The van der Waals surface area contributed by atoms with E-state index in [-0.39, 0.29) is 6.54 Å². The Morgan fingerprint density at radius 3 is 1.71 bits per heavy atom. The molecule has 2 unspecified atom stereocenters. The van der Waals surface area contributed by atoms with E-state index in [1.54, 1.807) is 52.7 Å². The second-order valence-corrected chi connectivity index (χ2v) is 9.57. The summed E-state index contributed by atoms with van der Waals surface area (Å²) in [5, 5.41) is 17.0. The van der Waals surface area contributed by atoms with Gasteiger partial charge >= 0.3 is 11.9 Å². The van der Waals surface area contributed by atoms with E-state index in [1.165, 1.54) is 7.11 Å². The molecular formula is C32H40N2O8. The molecule has 42 heavy (non-hydrogen) atoms. The van der Waals surface area contributed by atoms with Crippen molar-refractivity contribution in [2.75, 3.05) is 55.2 Å². The highest BCUT2D eigenvalue weighted by Gasteiger charge is 2.29. The van der Waals surface area contributed by atoms with Crippen LogP contribution in [0, 0.1) is 5.92 Å². The standard InChI is InChI=1S/C32H40N2O8/c1-38-26-12-6-21(18-28(26)40-3)14-16-33-20-25(31(35)36)30(23-8-10-24(11-9-23)32(37)42-5)34-17-15-22-7-13-27(39-2)29(19-22)41-4/h6-13,18-19,25,30,33-34H,14-17,20H2,1-5H3,(H,35,36). The third-order valence-corrected chi connectivity index (χ3v) is 7.04. The van der Waals surface area contributed by atoms with Gasteiger partial charge in [0.05, 0.1) is 47.0 Å². The summed E-state index contributed by atoms with van der Waals surface area (Å²) >= 11 is 0. The van der Waals surface area contributed by atoms with Crippen molar-refractivity contribution in [1.82, 2.24) is 10.6 Å². The lowest BCUT2D eigenvalue weighted by molar-refractivity contribution is -0.142. The second-order valence-electron chi connectivity index (χ2n) is 9.57. The first kappa shape index (κ1) is 32.2. The predicted octanol–water partition coefficient (Wildman–Crippen LogP) is 3.91. The monoisotopic (exact) mass is 580 g/mol. The summed E-state index contributed by atoms with van der Waals surface area (Å²) in [6, 6.07) is 17.7. The van der Waals surface area contributed by atoms with E-state index in [0.29, 0.717) is 54.5 Å². The van der Waals surface area contributed by atoms with Gasteiger partial charge < -0.3 is 39.4 Å². The van der Waals surface area contributed by atoms with Crippen LogP contribution < -0.4 is 29.6 Å². The molecule has 0 saturated carbocycles. The van der Waals surface area contributed by atoms with Crippen LogP contribution in [0.4, 0.5) is 0 Å². The molecule has 0 aliphatic carbocycles. The van der Waals surface area contributed by atoms with Crippen LogP contribution in [-0.4, -0.2) is 72.2 Å². The molecule has 3 rings (SSSR count). The average Bonchev–Trinajstić information content (AvgIpc) is 3.02. The first-order valence-electron chi connectivity index (χ1n) is 13.6. The molecule has 10 heteroatoms. The molecule has 0 bridgehead atoms. The van der Waals surface area contributed by atoms with E-state index >= 15 is 0 Å². The van der Waals surface area contributed by atoms with Crippen LogP contribution in [0.15, 0.2) is 60.7 Å². The van der Waals surface area contributed by atoms with Crippen LogP contribution in [0.3, 0.4) is 0 Å². The Kier molecular flexibility index (Phi) is 12.5. The molecule has 226 valence electrons. The Hall–Kier alpha value is -4.28. The largest absolute Gasteiger partial charge is 0.493 e. The van der Waals surface area contributed by atoms with Crippen molar-refractivity contribution < 1.29 is 38.4 Å². The Bertz CT molecular complexity index is 1310. The van der Waals surface area contributed by atoms with Crippen LogP contribution in [-0.2, 0) is 22.4 Å². The fourth-order valence-corrected chi connectivity index (χ4v) is 4.72. The first-order valence-corrected chi connectivity index (χ1v) is 13.6. The molecule has 3 N–H and O–H groups in total. The van der Waals surface area contributed by atoms with Crippen LogP contribution >= 0.6 is 0 Å². The van der Waals surface area contributed by atoms with Gasteiger partial charge in [-0.25, -0.2) is 4.79 Å². The highest BCUT2D eigenvalue weighted by Crippen LogP contribution is 2.29. The van der Waals surface area contributed by atoms with Gasteiger partial charge in [0.15, 0.2) is 23.0 Å². The predicted molar refractivity (Wildman–Crippen MR) is 159 cm³/mol. The lowest BCUT2D eigenvalue weighted by Crippen LogP contribution is -2.40. The van der Waals surface area contributed by atoms with Crippen molar-refractivity contribution >= 4 is 11.9 Å². The quantitative estimate of drug-likeness (QED) is 0.160. The highest BCUT2D eigenvalue weighted by molar-refractivity contribution is 5.89. The zero-order valence-corrected chi connectivity index (χ0v) is 24.8. The van der Waals surface area contributed by atoms with Gasteiger partial charge in [-0.15, -0.1) is 0 Å². The van der Waals surface area contributed by atoms with Crippen molar-refractivity contribution in [1.29, 1.82) is 0 Å². The maximum Gasteiger partial charge on any atom is 0.337 e. The number of rotatable bonds is 17. The van der Waals surface area contributed by atoms with Gasteiger partial charge in [-0.3, -0.25) is 4.79 Å². The Morgan fingerprint density at radius 1 is 0.714 bits per heavy atom. The second kappa shape index (κ2) is 16.2. The van der Waals surface area contributed by atoms with Crippen molar-refractivity contribution in [2.24, 2.45) is 5.92 Å². The molecule has 0 aromatic heterocycles. The van der Waals surface area contributed by atoms with Gasteiger partial charge in [0.1, 0.15) is 0 Å². The Balaban J connectivity index is 1.73. The van der Waals surface area contributed by atoms with Crippen molar-refractivity contribution in [3.05, 3.63) is 82.9 Å². The number of carbonyl (C=O) groups is 2. The lowest BCUT2D eigenvalue weighted by atomic mass is 9.91. The minimum Gasteiger partial charge on any atom is -0.493 e. The summed E-state index contributed by atoms with van der Waals surface area (Å²) in [4.78, 5) is 24.5. The van der Waals surface area contributed by atoms with Crippen molar-refractivity contribution in [2.45, 2.75) is 18.9 Å². The molecule has 3 aromatic carbocycles. The van der Waals surface area contributed by atoms with Gasteiger partial charge in [-0.1, -0.05) is 24.3 Å². The molecule has 0 saturated heterocycles. The SMILES string of the molecule is COC(=O)c1ccc(C(NCCc2ccc(OC)c(OC)c2)C(CNCCc2ccc(OC)c(OC)c2)C(=O)O)cc1. The smallest absolute Gasteiger partial charge is 0.337 e. The van der Waals surface area contributed by atoms with Crippen LogP contribution in [0.2, 0.25) is 0 Å².